The molecule has 0 N–H and O–H groups in total. The molecule has 3 nitrogen and oxygen atoms in total. The molecule has 0 bridgehead atoms. The lowest BCUT2D eigenvalue weighted by Crippen LogP contribution is -2.14. The normalized spacial score (nSPS) is 13.3. The van der Waals surface area contributed by atoms with Crippen molar-refractivity contribution in [2.24, 2.45) is 0 Å². The molecule has 2 heterocycles. The summed E-state index contributed by atoms with van der Waals surface area (Å²) in [5.41, 5.74) is 14.3. The van der Waals surface area contributed by atoms with Gasteiger partial charge in [0.2, 0.25) is 0 Å². The molecule has 8 aromatic carbocycles. The van der Waals surface area contributed by atoms with Crippen LogP contribution in [0, 0.1) is 0 Å². The van der Waals surface area contributed by atoms with Gasteiger partial charge in [-0.15, -0.1) is 0 Å². The van der Waals surface area contributed by atoms with Gasteiger partial charge in [0.05, 0.1) is 11.4 Å². The van der Waals surface area contributed by atoms with Crippen LogP contribution in [0.5, 0.6) is 0 Å². The van der Waals surface area contributed by atoms with E-state index in [-0.39, 0.29) is 5.41 Å². The van der Waals surface area contributed by atoms with Gasteiger partial charge in [-0.1, -0.05) is 123 Å². The van der Waals surface area contributed by atoms with Crippen LogP contribution in [0.1, 0.15) is 25.0 Å². The minimum Gasteiger partial charge on any atom is -0.456 e. The first kappa shape index (κ1) is 29.2. The second-order valence-corrected chi connectivity index (χ2v) is 14.5. The van der Waals surface area contributed by atoms with Crippen molar-refractivity contribution in [3.05, 3.63) is 175 Å². The number of benzene rings is 8. The van der Waals surface area contributed by atoms with Gasteiger partial charge < -0.3 is 13.7 Å². The van der Waals surface area contributed by atoms with Gasteiger partial charge in [0.25, 0.3) is 0 Å². The summed E-state index contributed by atoms with van der Waals surface area (Å²) in [5, 5.41) is 6.70. The van der Waals surface area contributed by atoms with Gasteiger partial charge in [0.1, 0.15) is 16.7 Å². The van der Waals surface area contributed by atoms with Gasteiger partial charge in [0.15, 0.2) is 5.58 Å². The molecule has 2 aromatic heterocycles. The minimum absolute atomic E-state index is 0.0510. The van der Waals surface area contributed by atoms with E-state index in [1.165, 1.54) is 33.4 Å². The summed E-state index contributed by atoms with van der Waals surface area (Å²) in [6.45, 7) is 4.67. The van der Waals surface area contributed by atoms with Gasteiger partial charge in [-0.25, -0.2) is 0 Å². The molecular formula is C49H33NO2. The molecular weight excluding hydrogens is 635 g/mol. The zero-order valence-electron chi connectivity index (χ0n) is 28.9. The van der Waals surface area contributed by atoms with E-state index in [0.29, 0.717) is 0 Å². The topological polar surface area (TPSA) is 29.5 Å². The van der Waals surface area contributed by atoms with Crippen LogP contribution in [0.3, 0.4) is 0 Å². The third-order valence-electron chi connectivity index (χ3n) is 11.3. The van der Waals surface area contributed by atoms with Gasteiger partial charge >= 0.3 is 0 Å². The maximum Gasteiger partial charge on any atom is 0.159 e. The largest absolute Gasteiger partial charge is 0.456 e. The van der Waals surface area contributed by atoms with Crippen molar-refractivity contribution in [3.8, 4) is 22.3 Å². The van der Waals surface area contributed by atoms with Crippen LogP contribution in [0.4, 0.5) is 17.1 Å². The van der Waals surface area contributed by atoms with Crippen molar-refractivity contribution >= 4 is 71.7 Å². The summed E-state index contributed by atoms with van der Waals surface area (Å²) in [4.78, 5) is 2.30. The van der Waals surface area contributed by atoms with E-state index in [9.17, 15) is 0 Å². The summed E-state index contributed by atoms with van der Waals surface area (Å²) in [7, 11) is 0. The van der Waals surface area contributed by atoms with Crippen molar-refractivity contribution in [3.63, 3.8) is 0 Å². The van der Waals surface area contributed by atoms with Crippen molar-refractivity contribution in [2.75, 3.05) is 4.90 Å². The van der Waals surface area contributed by atoms with Gasteiger partial charge in [-0.3, -0.25) is 0 Å². The molecule has 0 spiro atoms. The Morgan fingerprint density at radius 3 is 2.00 bits per heavy atom. The predicted molar refractivity (Wildman–Crippen MR) is 216 cm³/mol. The average Bonchev–Trinajstić information content (AvgIpc) is 3.83. The number of rotatable bonds is 4. The smallest absolute Gasteiger partial charge is 0.159 e. The zero-order valence-corrected chi connectivity index (χ0v) is 28.9. The average molecular weight is 668 g/mol. The van der Waals surface area contributed by atoms with Gasteiger partial charge in [-0.2, -0.15) is 0 Å². The highest BCUT2D eigenvalue weighted by atomic mass is 16.3. The lowest BCUT2D eigenvalue weighted by Gasteiger charge is -2.26. The summed E-state index contributed by atoms with van der Waals surface area (Å²) in [6, 6.07) is 58.7. The summed E-state index contributed by atoms with van der Waals surface area (Å²) in [5.74, 6) is 0. The molecule has 0 saturated carbocycles. The zero-order chi connectivity index (χ0) is 34.6. The van der Waals surface area contributed by atoms with Gasteiger partial charge in [0, 0.05) is 44.1 Å². The molecule has 0 atom stereocenters. The quantitative estimate of drug-likeness (QED) is 0.187. The second kappa shape index (κ2) is 10.7. The fraction of sp³-hybridized carbons (Fsp3) is 0.0612. The third kappa shape index (κ3) is 4.14. The Morgan fingerprint density at radius 2 is 1.10 bits per heavy atom. The lowest BCUT2D eigenvalue weighted by atomic mass is 9.81. The molecule has 0 fully saturated rings. The number of nitrogens with zero attached hydrogens (tertiary/aromatic N) is 1. The molecule has 1 aliphatic carbocycles. The van der Waals surface area contributed by atoms with E-state index in [1.54, 1.807) is 0 Å². The Morgan fingerprint density at radius 1 is 0.423 bits per heavy atom. The molecule has 0 unspecified atom stereocenters. The Bertz CT molecular complexity index is 3050. The van der Waals surface area contributed by atoms with Gasteiger partial charge in [-0.05, 0) is 87.3 Å². The van der Waals surface area contributed by atoms with Crippen LogP contribution in [0.15, 0.2) is 173 Å². The highest BCUT2D eigenvalue weighted by molar-refractivity contribution is 6.17. The third-order valence-corrected chi connectivity index (χ3v) is 11.3. The Hall–Kier alpha value is -6.58. The van der Waals surface area contributed by atoms with Crippen LogP contribution < -0.4 is 4.90 Å². The maximum atomic E-state index is 6.87. The van der Waals surface area contributed by atoms with E-state index in [0.717, 1.165) is 71.7 Å². The standard InChI is InChI=1S/C49H33NO2/c1-49(2)42-15-7-5-12-36(42)37-25-21-32(28-43(37)49)30-18-22-33(23-19-30)50(34-24-27-39-38-13-6-8-17-45(38)51-46(39)29-34)44-16-9-14-40-41-26-20-31-10-3-4-11-35(31)47(41)52-48(40)44/h3-29H,1-2H3. The molecule has 0 saturated heterocycles. The molecule has 0 aliphatic heterocycles. The monoisotopic (exact) mass is 667 g/mol. The molecule has 11 rings (SSSR count). The highest BCUT2D eigenvalue weighted by Gasteiger charge is 2.35. The van der Waals surface area contributed by atoms with Crippen LogP contribution in [-0.4, -0.2) is 0 Å². The molecule has 246 valence electrons. The molecule has 3 heteroatoms. The summed E-state index contributed by atoms with van der Waals surface area (Å²) >= 11 is 0. The molecule has 1 aliphatic rings. The first-order valence-corrected chi connectivity index (χ1v) is 17.9. The van der Waals surface area contributed by atoms with E-state index in [4.69, 9.17) is 8.83 Å². The van der Waals surface area contributed by atoms with Crippen molar-refractivity contribution in [1.29, 1.82) is 0 Å². The number of fused-ring (bicyclic) bond motifs is 11. The number of anilines is 3. The number of para-hydroxylation sites is 2. The minimum atomic E-state index is -0.0510. The lowest BCUT2D eigenvalue weighted by molar-refractivity contribution is 0.660. The van der Waals surface area contributed by atoms with Crippen molar-refractivity contribution in [1.82, 2.24) is 0 Å². The Kier molecular flexibility index (Phi) is 6.01. The molecule has 0 amide bonds. The van der Waals surface area contributed by atoms with E-state index < -0.39 is 0 Å². The Labute approximate surface area is 301 Å². The number of furan rings is 2. The first-order chi connectivity index (χ1) is 25.5. The summed E-state index contributed by atoms with van der Waals surface area (Å²) < 4.78 is 13.3. The maximum absolute atomic E-state index is 6.87. The van der Waals surface area contributed by atoms with Crippen LogP contribution in [0.2, 0.25) is 0 Å². The van der Waals surface area contributed by atoms with E-state index >= 15 is 0 Å². The first-order valence-electron chi connectivity index (χ1n) is 17.9. The fourth-order valence-electron chi connectivity index (χ4n) is 8.66. The number of hydrogen-bond acceptors (Lipinski definition) is 3. The number of hydrogen-bond donors (Lipinski definition) is 0. The van der Waals surface area contributed by atoms with Crippen LogP contribution in [0.25, 0.3) is 76.9 Å². The van der Waals surface area contributed by atoms with E-state index in [2.05, 4.69) is 170 Å². The summed E-state index contributed by atoms with van der Waals surface area (Å²) in [6.07, 6.45) is 0. The highest BCUT2D eigenvalue weighted by Crippen LogP contribution is 2.50. The fourth-order valence-corrected chi connectivity index (χ4v) is 8.66. The van der Waals surface area contributed by atoms with Crippen molar-refractivity contribution < 1.29 is 8.83 Å². The Balaban J connectivity index is 1.08. The van der Waals surface area contributed by atoms with Crippen LogP contribution in [-0.2, 0) is 5.41 Å². The second-order valence-electron chi connectivity index (χ2n) is 14.5. The molecule has 0 radical (unpaired) electrons. The van der Waals surface area contributed by atoms with E-state index in [1.807, 2.05) is 12.1 Å². The molecule has 10 aromatic rings. The molecule has 52 heavy (non-hydrogen) atoms. The van der Waals surface area contributed by atoms with Crippen LogP contribution >= 0.6 is 0 Å². The van der Waals surface area contributed by atoms with Crippen molar-refractivity contribution in [2.45, 2.75) is 19.3 Å². The SMILES string of the molecule is CC1(C)c2ccccc2-c2ccc(-c3ccc(N(c4ccc5c(c4)oc4ccccc45)c4cccc5c4oc4c6ccccc6ccc54)cc3)cc21. The predicted octanol–water partition coefficient (Wildman–Crippen LogP) is 14.1.